The third-order valence-corrected chi connectivity index (χ3v) is 4.75. The molecule has 0 bridgehead atoms. The Kier molecular flexibility index (Phi) is 4.70. The van der Waals surface area contributed by atoms with E-state index < -0.39 is 0 Å². The predicted octanol–water partition coefficient (Wildman–Crippen LogP) is 1.31. The normalized spacial score (nSPS) is 16.5. The zero-order chi connectivity index (χ0) is 19.7. The molecule has 0 spiro atoms. The van der Waals surface area contributed by atoms with Crippen LogP contribution in [0.15, 0.2) is 42.5 Å². The van der Waals surface area contributed by atoms with Crippen LogP contribution < -0.4 is 15.4 Å². The Labute approximate surface area is 161 Å². The summed E-state index contributed by atoms with van der Waals surface area (Å²) in [4.78, 5) is 39.5. The van der Waals surface area contributed by atoms with Crippen LogP contribution >= 0.6 is 0 Å². The van der Waals surface area contributed by atoms with Crippen LogP contribution in [0.1, 0.15) is 20.7 Å². The van der Waals surface area contributed by atoms with Gasteiger partial charge >= 0.3 is 0 Å². The zero-order valence-electron chi connectivity index (χ0n) is 15.1. The number of carbonyl (C=O) groups is 3. The number of rotatable bonds is 5. The van der Waals surface area contributed by atoms with Crippen LogP contribution in [0.3, 0.4) is 0 Å². The minimum Gasteiger partial charge on any atom is -0.489 e. The number of hydrogen-bond donors (Lipinski definition) is 1. The van der Waals surface area contributed by atoms with Crippen molar-refractivity contribution >= 4 is 29.1 Å². The fourth-order valence-corrected chi connectivity index (χ4v) is 3.30. The van der Waals surface area contributed by atoms with Crippen LogP contribution in [0.2, 0.25) is 0 Å². The summed E-state index contributed by atoms with van der Waals surface area (Å²) in [5.74, 6) is -0.393. The molecule has 28 heavy (non-hydrogen) atoms. The first kappa shape index (κ1) is 18.0. The predicted molar refractivity (Wildman–Crippen MR) is 101 cm³/mol. The summed E-state index contributed by atoms with van der Waals surface area (Å²) in [5.41, 5.74) is 7.85. The van der Waals surface area contributed by atoms with Crippen molar-refractivity contribution in [3.63, 3.8) is 0 Å². The summed E-state index contributed by atoms with van der Waals surface area (Å²) in [5, 5.41) is 0. The third-order valence-electron chi connectivity index (χ3n) is 4.75. The number of morpholine rings is 1. The molecule has 8 heteroatoms. The molecule has 8 nitrogen and oxygen atoms in total. The second-order valence-corrected chi connectivity index (χ2v) is 6.48. The van der Waals surface area contributed by atoms with E-state index in [4.69, 9.17) is 15.2 Å². The van der Waals surface area contributed by atoms with Crippen LogP contribution in [0.4, 0.5) is 11.4 Å². The molecule has 0 unspecified atom stereocenters. The number of imide groups is 1. The summed E-state index contributed by atoms with van der Waals surface area (Å²) in [6, 6.07) is 11.8. The molecule has 4 rings (SSSR count). The van der Waals surface area contributed by atoms with E-state index in [1.54, 1.807) is 47.4 Å². The van der Waals surface area contributed by atoms with Crippen LogP contribution in [0, 0.1) is 0 Å². The van der Waals surface area contributed by atoms with Gasteiger partial charge in [0.1, 0.15) is 19.0 Å². The molecule has 0 aromatic heterocycles. The van der Waals surface area contributed by atoms with Crippen molar-refractivity contribution in [3.05, 3.63) is 53.6 Å². The second kappa shape index (κ2) is 7.32. The number of nitrogens with zero attached hydrogens (tertiary/aromatic N) is 2. The van der Waals surface area contributed by atoms with Gasteiger partial charge in [-0.15, -0.1) is 0 Å². The highest BCUT2D eigenvalue weighted by atomic mass is 16.5. The number of benzene rings is 2. The molecule has 2 aromatic rings. The molecular formula is C20H19N3O5. The van der Waals surface area contributed by atoms with E-state index in [1.807, 2.05) is 0 Å². The van der Waals surface area contributed by atoms with E-state index in [9.17, 15) is 14.4 Å². The van der Waals surface area contributed by atoms with Crippen molar-refractivity contribution in [2.45, 2.75) is 0 Å². The lowest BCUT2D eigenvalue weighted by Crippen LogP contribution is -2.41. The highest BCUT2D eigenvalue weighted by Crippen LogP contribution is 2.29. The van der Waals surface area contributed by atoms with Gasteiger partial charge in [-0.3, -0.25) is 19.3 Å². The van der Waals surface area contributed by atoms with Gasteiger partial charge in [0.15, 0.2) is 0 Å². The highest BCUT2D eigenvalue weighted by molar-refractivity contribution is 6.21. The fourth-order valence-electron chi connectivity index (χ4n) is 3.30. The van der Waals surface area contributed by atoms with E-state index in [2.05, 4.69) is 0 Å². The lowest BCUT2D eigenvalue weighted by molar-refractivity contribution is -0.125. The van der Waals surface area contributed by atoms with Crippen LogP contribution in [0.25, 0.3) is 0 Å². The number of nitrogens with two attached hydrogens (primary N) is 1. The molecule has 1 fully saturated rings. The maximum Gasteiger partial charge on any atom is 0.261 e. The Morgan fingerprint density at radius 3 is 2.43 bits per heavy atom. The van der Waals surface area contributed by atoms with Crippen molar-refractivity contribution < 1.29 is 23.9 Å². The average Bonchev–Trinajstić information content (AvgIpc) is 2.95. The molecule has 2 aromatic carbocycles. The Hall–Kier alpha value is -3.39. The van der Waals surface area contributed by atoms with Gasteiger partial charge in [0.2, 0.25) is 0 Å². The van der Waals surface area contributed by atoms with Crippen LogP contribution in [0.5, 0.6) is 5.75 Å². The maximum absolute atomic E-state index is 12.4. The topological polar surface area (TPSA) is 102 Å². The molecule has 2 heterocycles. The van der Waals surface area contributed by atoms with E-state index >= 15 is 0 Å². The molecule has 3 amide bonds. The summed E-state index contributed by atoms with van der Waals surface area (Å²) >= 11 is 0. The van der Waals surface area contributed by atoms with Crippen molar-refractivity contribution in [1.82, 2.24) is 4.90 Å². The van der Waals surface area contributed by atoms with Gasteiger partial charge in [-0.05, 0) is 24.3 Å². The quantitative estimate of drug-likeness (QED) is 0.619. The minimum absolute atomic E-state index is 0.0420. The van der Waals surface area contributed by atoms with E-state index in [0.29, 0.717) is 41.4 Å². The summed E-state index contributed by atoms with van der Waals surface area (Å²) < 4.78 is 10.9. The van der Waals surface area contributed by atoms with Crippen molar-refractivity contribution in [2.75, 3.05) is 43.5 Å². The summed E-state index contributed by atoms with van der Waals surface area (Å²) in [6.07, 6.45) is 0. The smallest absolute Gasteiger partial charge is 0.261 e. The first-order valence-electron chi connectivity index (χ1n) is 8.92. The Balaban J connectivity index is 1.43. The number of hydrogen-bond acceptors (Lipinski definition) is 6. The number of fused-ring (bicyclic) bond motifs is 1. The van der Waals surface area contributed by atoms with E-state index in [1.165, 1.54) is 0 Å². The zero-order valence-corrected chi connectivity index (χ0v) is 15.1. The standard InChI is InChI=1S/C20H19N3O5/c21-16-6-5-13(22-7-9-27-12-18(22)24)11-17(16)28-10-8-23-19(25)14-3-1-2-4-15(14)20(23)26/h1-6,11H,7-10,12,21H2. The van der Waals surface area contributed by atoms with Crippen molar-refractivity contribution in [3.8, 4) is 5.75 Å². The van der Waals surface area contributed by atoms with Gasteiger partial charge in [-0.25, -0.2) is 0 Å². The number of nitrogen functional groups attached to an aromatic ring is 1. The molecule has 0 atom stereocenters. The van der Waals surface area contributed by atoms with Gasteiger partial charge in [0.05, 0.1) is 30.0 Å². The first-order valence-corrected chi connectivity index (χ1v) is 8.92. The molecule has 2 aliphatic rings. The van der Waals surface area contributed by atoms with Gasteiger partial charge < -0.3 is 20.1 Å². The lowest BCUT2D eigenvalue weighted by atomic mass is 10.1. The maximum atomic E-state index is 12.4. The first-order chi connectivity index (χ1) is 13.6. The van der Waals surface area contributed by atoms with E-state index in [0.717, 1.165) is 4.90 Å². The molecule has 0 saturated carbocycles. The van der Waals surface area contributed by atoms with E-state index in [-0.39, 0.29) is 37.5 Å². The monoisotopic (exact) mass is 381 g/mol. The van der Waals surface area contributed by atoms with Gasteiger partial charge in [0, 0.05) is 18.3 Å². The van der Waals surface area contributed by atoms with Crippen LogP contribution in [-0.2, 0) is 9.53 Å². The summed E-state index contributed by atoms with van der Waals surface area (Å²) in [6.45, 7) is 1.16. The Morgan fingerprint density at radius 2 is 1.75 bits per heavy atom. The average molecular weight is 381 g/mol. The van der Waals surface area contributed by atoms with Crippen molar-refractivity contribution in [2.24, 2.45) is 0 Å². The number of ether oxygens (including phenoxy) is 2. The molecule has 0 aliphatic carbocycles. The van der Waals surface area contributed by atoms with Crippen molar-refractivity contribution in [1.29, 1.82) is 0 Å². The van der Waals surface area contributed by atoms with Gasteiger partial charge in [-0.2, -0.15) is 0 Å². The minimum atomic E-state index is -0.329. The van der Waals surface area contributed by atoms with Gasteiger partial charge in [0.25, 0.3) is 17.7 Å². The SMILES string of the molecule is Nc1ccc(N2CCOCC2=O)cc1OCCN1C(=O)c2ccccc2C1=O. The van der Waals surface area contributed by atoms with Crippen LogP contribution in [-0.4, -0.2) is 55.5 Å². The Morgan fingerprint density at radius 1 is 1.04 bits per heavy atom. The second-order valence-electron chi connectivity index (χ2n) is 6.48. The molecule has 144 valence electrons. The Bertz CT molecular complexity index is 924. The molecule has 1 saturated heterocycles. The largest absolute Gasteiger partial charge is 0.489 e. The molecule has 2 N–H and O–H groups in total. The lowest BCUT2D eigenvalue weighted by Gasteiger charge is -2.27. The molecular weight excluding hydrogens is 362 g/mol. The number of carbonyl (C=O) groups excluding carboxylic acids is 3. The molecule has 0 radical (unpaired) electrons. The number of anilines is 2. The number of amides is 3. The fraction of sp³-hybridized carbons (Fsp3) is 0.250. The summed E-state index contributed by atoms with van der Waals surface area (Å²) in [7, 11) is 0. The van der Waals surface area contributed by atoms with Gasteiger partial charge in [-0.1, -0.05) is 12.1 Å². The molecule has 2 aliphatic heterocycles. The third kappa shape index (κ3) is 3.18. The highest BCUT2D eigenvalue weighted by Gasteiger charge is 2.34.